The molecule has 2 N–H and O–H groups in total. The van der Waals surface area contributed by atoms with Crippen molar-refractivity contribution in [2.45, 2.75) is 18.9 Å². The molecule has 1 saturated heterocycles. The normalized spacial score (nSPS) is 25.4. The largest absolute Gasteiger partial charge is 0.449 e. The average molecular weight is 220 g/mol. The van der Waals surface area contributed by atoms with Crippen LogP contribution in [0.4, 0.5) is 10.5 Å². The third-order valence-corrected chi connectivity index (χ3v) is 3.34. The summed E-state index contributed by atoms with van der Waals surface area (Å²) in [6.45, 7) is 2.48. The molecule has 0 radical (unpaired) electrons. The molecule has 1 aromatic carbocycles. The fraction of sp³-hybridized carbons (Fsp3) is 0.417. The van der Waals surface area contributed by atoms with Gasteiger partial charge >= 0.3 is 6.09 Å². The lowest BCUT2D eigenvalue weighted by atomic mass is 9.86. The van der Waals surface area contributed by atoms with Gasteiger partial charge in [-0.05, 0) is 24.6 Å². The minimum atomic E-state index is -0.329. The number of nitrogens with zero attached hydrogens (tertiary/aromatic N) is 1. The van der Waals surface area contributed by atoms with E-state index in [1.54, 1.807) is 11.9 Å². The maximum atomic E-state index is 11.5. The second-order valence-electron chi connectivity index (χ2n) is 4.32. The number of ether oxygens (including phenoxy) is 1. The Morgan fingerprint density at radius 1 is 1.50 bits per heavy atom. The van der Waals surface area contributed by atoms with Crippen molar-refractivity contribution in [3.8, 4) is 0 Å². The molecule has 0 bridgehead atoms. The van der Waals surface area contributed by atoms with Crippen molar-refractivity contribution in [1.29, 1.82) is 0 Å². The molecule has 86 valence electrons. The van der Waals surface area contributed by atoms with Crippen LogP contribution in [0, 0.1) is 0 Å². The van der Waals surface area contributed by atoms with E-state index in [1.165, 1.54) is 0 Å². The van der Waals surface area contributed by atoms with Gasteiger partial charge in [0.15, 0.2) is 0 Å². The third-order valence-electron chi connectivity index (χ3n) is 3.34. The Hall–Kier alpha value is -1.71. The number of amides is 1. The quantitative estimate of drug-likeness (QED) is 0.736. The maximum absolute atomic E-state index is 11.5. The molecule has 16 heavy (non-hydrogen) atoms. The van der Waals surface area contributed by atoms with Gasteiger partial charge in [-0.3, -0.25) is 0 Å². The number of nitrogen functional groups attached to an aromatic ring is 1. The van der Waals surface area contributed by atoms with Crippen LogP contribution in [0.3, 0.4) is 0 Å². The summed E-state index contributed by atoms with van der Waals surface area (Å²) in [6, 6.07) is 7.65. The van der Waals surface area contributed by atoms with E-state index in [0.717, 1.165) is 12.0 Å². The monoisotopic (exact) mass is 220 g/mol. The highest BCUT2D eigenvalue weighted by atomic mass is 16.6. The van der Waals surface area contributed by atoms with Gasteiger partial charge in [0.05, 0.1) is 12.1 Å². The van der Waals surface area contributed by atoms with Gasteiger partial charge < -0.3 is 15.4 Å². The first kappa shape index (κ1) is 10.8. The SMILES string of the molecule is CN1C(=O)OCCC1(C)c1cccc(N)c1. The molecule has 1 aliphatic rings. The molecule has 2 rings (SSSR count). The van der Waals surface area contributed by atoms with Gasteiger partial charge in [0.1, 0.15) is 0 Å². The second-order valence-corrected chi connectivity index (χ2v) is 4.32. The van der Waals surface area contributed by atoms with E-state index in [0.29, 0.717) is 12.3 Å². The topological polar surface area (TPSA) is 55.6 Å². The Morgan fingerprint density at radius 3 is 2.94 bits per heavy atom. The highest BCUT2D eigenvalue weighted by Crippen LogP contribution is 2.34. The smallest absolute Gasteiger partial charge is 0.410 e. The highest BCUT2D eigenvalue weighted by Gasteiger charge is 2.38. The molecule has 1 heterocycles. The van der Waals surface area contributed by atoms with Gasteiger partial charge in [-0.25, -0.2) is 4.79 Å². The van der Waals surface area contributed by atoms with Crippen LogP contribution >= 0.6 is 0 Å². The Bertz CT molecular complexity index is 419. The molecular weight excluding hydrogens is 204 g/mol. The highest BCUT2D eigenvalue weighted by molar-refractivity contribution is 5.69. The molecule has 4 heteroatoms. The zero-order chi connectivity index (χ0) is 11.8. The van der Waals surface area contributed by atoms with E-state index in [1.807, 2.05) is 31.2 Å². The summed E-state index contributed by atoms with van der Waals surface area (Å²) in [6.07, 6.45) is 0.495. The van der Waals surface area contributed by atoms with Crippen molar-refractivity contribution >= 4 is 11.8 Å². The Morgan fingerprint density at radius 2 is 2.25 bits per heavy atom. The fourth-order valence-corrected chi connectivity index (χ4v) is 2.01. The van der Waals surface area contributed by atoms with E-state index in [9.17, 15) is 4.79 Å². The number of carbonyl (C=O) groups excluding carboxylic acids is 1. The van der Waals surface area contributed by atoms with E-state index >= 15 is 0 Å². The summed E-state index contributed by atoms with van der Waals surface area (Å²) in [7, 11) is 1.75. The standard InChI is InChI=1S/C12H16N2O2/c1-12(6-7-16-11(15)14(12)2)9-4-3-5-10(13)8-9/h3-5,8H,6-7,13H2,1-2H3. The first-order chi connectivity index (χ1) is 7.54. The number of hydrogen-bond donors (Lipinski definition) is 1. The number of hydrogen-bond acceptors (Lipinski definition) is 3. The summed E-state index contributed by atoms with van der Waals surface area (Å²) in [5, 5.41) is 0. The van der Waals surface area contributed by atoms with Gasteiger partial charge in [-0.15, -0.1) is 0 Å². The first-order valence-corrected chi connectivity index (χ1v) is 5.30. The van der Waals surface area contributed by atoms with E-state index in [2.05, 4.69) is 0 Å². The molecule has 1 atom stereocenters. The van der Waals surface area contributed by atoms with Crippen LogP contribution in [0.5, 0.6) is 0 Å². The molecule has 4 nitrogen and oxygen atoms in total. The van der Waals surface area contributed by atoms with Crippen molar-refractivity contribution in [2.75, 3.05) is 19.4 Å². The van der Waals surface area contributed by atoms with Gasteiger partial charge in [0.25, 0.3) is 0 Å². The minimum Gasteiger partial charge on any atom is -0.449 e. The van der Waals surface area contributed by atoms with Crippen LogP contribution in [-0.2, 0) is 10.3 Å². The molecule has 1 amide bonds. The molecular formula is C12H16N2O2. The van der Waals surface area contributed by atoms with Crippen LogP contribution in [0.2, 0.25) is 0 Å². The fourth-order valence-electron chi connectivity index (χ4n) is 2.01. The maximum Gasteiger partial charge on any atom is 0.410 e. The summed E-state index contributed by atoms with van der Waals surface area (Å²) in [5.74, 6) is 0. The molecule has 0 saturated carbocycles. The van der Waals surface area contributed by atoms with Gasteiger partial charge in [0.2, 0.25) is 0 Å². The van der Waals surface area contributed by atoms with Crippen LogP contribution in [0.15, 0.2) is 24.3 Å². The van der Waals surface area contributed by atoms with Crippen molar-refractivity contribution in [3.05, 3.63) is 29.8 Å². The summed E-state index contributed by atoms with van der Waals surface area (Å²) >= 11 is 0. The molecule has 1 aromatic rings. The molecule has 0 aromatic heterocycles. The minimum absolute atomic E-state index is 0.281. The lowest BCUT2D eigenvalue weighted by Gasteiger charge is -2.42. The lowest BCUT2D eigenvalue weighted by Crippen LogP contribution is -2.49. The Balaban J connectivity index is 2.40. The van der Waals surface area contributed by atoms with Crippen LogP contribution in [0.25, 0.3) is 0 Å². The zero-order valence-corrected chi connectivity index (χ0v) is 9.56. The van der Waals surface area contributed by atoms with Crippen LogP contribution in [0.1, 0.15) is 18.9 Å². The van der Waals surface area contributed by atoms with E-state index in [-0.39, 0.29) is 11.6 Å². The lowest BCUT2D eigenvalue weighted by molar-refractivity contribution is 0.0147. The van der Waals surface area contributed by atoms with Crippen molar-refractivity contribution in [3.63, 3.8) is 0 Å². The Labute approximate surface area is 95.0 Å². The number of cyclic esters (lactones) is 1. The Kier molecular flexibility index (Phi) is 2.50. The van der Waals surface area contributed by atoms with Gasteiger partial charge in [-0.2, -0.15) is 0 Å². The van der Waals surface area contributed by atoms with Gasteiger partial charge in [-0.1, -0.05) is 12.1 Å². The molecule has 0 spiro atoms. The van der Waals surface area contributed by atoms with E-state index in [4.69, 9.17) is 10.5 Å². The number of benzene rings is 1. The predicted octanol–water partition coefficient (Wildman–Crippen LogP) is 1.96. The van der Waals surface area contributed by atoms with Gasteiger partial charge in [0, 0.05) is 19.2 Å². The van der Waals surface area contributed by atoms with Crippen LogP contribution < -0.4 is 5.73 Å². The average Bonchev–Trinajstić information content (AvgIpc) is 2.26. The number of carbonyl (C=O) groups is 1. The van der Waals surface area contributed by atoms with Crippen molar-refractivity contribution in [1.82, 2.24) is 4.90 Å². The molecule has 1 unspecified atom stereocenters. The molecule has 1 aliphatic heterocycles. The number of rotatable bonds is 1. The van der Waals surface area contributed by atoms with E-state index < -0.39 is 0 Å². The molecule has 0 aliphatic carbocycles. The second kappa shape index (κ2) is 3.70. The first-order valence-electron chi connectivity index (χ1n) is 5.30. The molecule has 1 fully saturated rings. The number of anilines is 1. The zero-order valence-electron chi connectivity index (χ0n) is 9.56. The third kappa shape index (κ3) is 1.60. The summed E-state index contributed by atoms with van der Waals surface area (Å²) < 4.78 is 4.99. The van der Waals surface area contributed by atoms with Crippen LogP contribution in [-0.4, -0.2) is 24.6 Å². The van der Waals surface area contributed by atoms with Crippen molar-refractivity contribution < 1.29 is 9.53 Å². The predicted molar refractivity (Wildman–Crippen MR) is 61.9 cm³/mol. The van der Waals surface area contributed by atoms with Crippen molar-refractivity contribution in [2.24, 2.45) is 0 Å². The number of nitrogens with two attached hydrogens (primary N) is 1. The summed E-state index contributed by atoms with van der Waals surface area (Å²) in [5.41, 5.74) is 7.20. The summed E-state index contributed by atoms with van der Waals surface area (Å²) in [4.78, 5) is 13.2.